The second kappa shape index (κ2) is 8.11. The summed E-state index contributed by atoms with van der Waals surface area (Å²) >= 11 is 0. The van der Waals surface area contributed by atoms with Crippen LogP contribution in [0.3, 0.4) is 0 Å². The number of carbonyl (C=O) groups is 1. The quantitative estimate of drug-likeness (QED) is 0.905. The molecule has 7 nitrogen and oxygen atoms in total. The van der Waals surface area contributed by atoms with Gasteiger partial charge in [0.2, 0.25) is 0 Å². The molecule has 0 unspecified atom stereocenters. The van der Waals surface area contributed by atoms with E-state index in [-0.39, 0.29) is 18.2 Å². The number of nitrogens with one attached hydrogen (secondary N) is 1. The molecule has 1 saturated heterocycles. The molecule has 0 radical (unpaired) electrons. The molecule has 7 heteroatoms. The van der Waals surface area contributed by atoms with E-state index in [4.69, 9.17) is 4.74 Å². The van der Waals surface area contributed by atoms with E-state index in [0.29, 0.717) is 19.7 Å². The number of aryl methyl sites for hydroxylation is 1. The van der Waals surface area contributed by atoms with E-state index >= 15 is 0 Å². The van der Waals surface area contributed by atoms with Gasteiger partial charge < -0.3 is 15.0 Å². The van der Waals surface area contributed by atoms with Crippen LogP contribution in [-0.2, 0) is 11.3 Å². The predicted octanol–water partition coefficient (Wildman–Crippen LogP) is 2.53. The molecule has 1 N–H and O–H groups in total. The molecule has 3 heterocycles. The first-order valence-electron chi connectivity index (χ1n) is 8.80. The highest BCUT2D eigenvalue weighted by atomic mass is 16.5. The van der Waals surface area contributed by atoms with Crippen molar-refractivity contribution in [2.24, 2.45) is 0 Å². The van der Waals surface area contributed by atoms with Gasteiger partial charge in [-0.1, -0.05) is 6.92 Å². The Morgan fingerprint density at radius 1 is 1.40 bits per heavy atom. The minimum absolute atomic E-state index is 0.0142. The number of pyridine rings is 1. The molecule has 2 amide bonds. The van der Waals surface area contributed by atoms with Gasteiger partial charge in [0, 0.05) is 37.2 Å². The lowest BCUT2D eigenvalue weighted by Gasteiger charge is -2.33. The molecule has 0 bridgehead atoms. The first kappa shape index (κ1) is 17.4. The van der Waals surface area contributed by atoms with Crippen molar-refractivity contribution in [1.29, 1.82) is 0 Å². The normalized spacial score (nSPS) is 18.8. The molecule has 2 aromatic rings. The van der Waals surface area contributed by atoms with E-state index in [9.17, 15) is 4.79 Å². The Morgan fingerprint density at radius 3 is 2.88 bits per heavy atom. The third-order valence-corrected chi connectivity index (χ3v) is 4.52. The van der Waals surface area contributed by atoms with Crippen molar-refractivity contribution in [2.45, 2.75) is 39.0 Å². The lowest BCUT2D eigenvalue weighted by molar-refractivity contribution is -0.0158. The number of hydrogen-bond acceptors (Lipinski definition) is 4. The van der Waals surface area contributed by atoms with Crippen LogP contribution in [0.15, 0.2) is 36.9 Å². The van der Waals surface area contributed by atoms with Crippen LogP contribution in [0.4, 0.5) is 4.79 Å². The topological polar surface area (TPSA) is 72.3 Å². The number of morpholine rings is 1. The summed E-state index contributed by atoms with van der Waals surface area (Å²) in [6.07, 6.45) is 8.01. The fourth-order valence-electron chi connectivity index (χ4n) is 3.01. The number of carbonyl (C=O) groups excluding carboxylic acids is 1. The van der Waals surface area contributed by atoms with E-state index in [0.717, 1.165) is 24.1 Å². The molecule has 0 aromatic carbocycles. The maximum atomic E-state index is 12.7. The van der Waals surface area contributed by atoms with Gasteiger partial charge in [-0.25, -0.2) is 4.79 Å². The van der Waals surface area contributed by atoms with Gasteiger partial charge in [0.25, 0.3) is 0 Å². The molecule has 1 aliphatic rings. The maximum absolute atomic E-state index is 12.7. The Hall–Kier alpha value is -2.41. The highest BCUT2D eigenvalue weighted by Gasteiger charge is 2.27. The van der Waals surface area contributed by atoms with Gasteiger partial charge >= 0.3 is 6.03 Å². The fraction of sp³-hybridized carbons (Fsp3) is 0.500. The summed E-state index contributed by atoms with van der Waals surface area (Å²) in [5.41, 5.74) is 2.08. The highest BCUT2D eigenvalue weighted by Crippen LogP contribution is 2.23. The van der Waals surface area contributed by atoms with Gasteiger partial charge in [0.15, 0.2) is 0 Å². The van der Waals surface area contributed by atoms with Gasteiger partial charge in [-0.3, -0.25) is 9.67 Å². The second-order valence-corrected chi connectivity index (χ2v) is 6.13. The zero-order chi connectivity index (χ0) is 17.6. The summed E-state index contributed by atoms with van der Waals surface area (Å²) in [4.78, 5) is 18.6. The third-order valence-electron chi connectivity index (χ3n) is 4.52. The first-order valence-corrected chi connectivity index (χ1v) is 8.80. The molecule has 3 rings (SSSR count). The second-order valence-electron chi connectivity index (χ2n) is 6.13. The lowest BCUT2D eigenvalue weighted by atomic mass is 10.1. The Kier molecular flexibility index (Phi) is 5.65. The Balaban J connectivity index is 1.63. The minimum Gasteiger partial charge on any atom is -0.370 e. The number of urea groups is 1. The van der Waals surface area contributed by atoms with E-state index in [2.05, 4.69) is 22.3 Å². The molecule has 25 heavy (non-hydrogen) atoms. The van der Waals surface area contributed by atoms with Gasteiger partial charge in [0.1, 0.15) is 6.10 Å². The van der Waals surface area contributed by atoms with Gasteiger partial charge in [-0.2, -0.15) is 5.10 Å². The third kappa shape index (κ3) is 4.17. The molecule has 134 valence electrons. The van der Waals surface area contributed by atoms with Crippen LogP contribution in [0.25, 0.3) is 0 Å². The summed E-state index contributed by atoms with van der Waals surface area (Å²) in [6, 6.07) is 3.81. The van der Waals surface area contributed by atoms with E-state index in [1.54, 1.807) is 12.4 Å². The van der Waals surface area contributed by atoms with Crippen molar-refractivity contribution in [3.05, 3.63) is 48.0 Å². The molecule has 0 aliphatic carbocycles. The summed E-state index contributed by atoms with van der Waals surface area (Å²) in [7, 11) is 0. The minimum atomic E-state index is -0.124. The zero-order valence-corrected chi connectivity index (χ0v) is 14.8. The van der Waals surface area contributed by atoms with Crippen molar-refractivity contribution < 1.29 is 9.53 Å². The zero-order valence-electron chi connectivity index (χ0n) is 14.8. The molecule has 1 fully saturated rings. The largest absolute Gasteiger partial charge is 0.370 e. The van der Waals surface area contributed by atoms with E-state index in [1.807, 2.05) is 41.0 Å². The van der Waals surface area contributed by atoms with Crippen LogP contribution in [0.2, 0.25) is 0 Å². The van der Waals surface area contributed by atoms with Crippen LogP contribution in [0.5, 0.6) is 0 Å². The number of aromatic nitrogens is 3. The van der Waals surface area contributed by atoms with Crippen molar-refractivity contribution in [1.82, 2.24) is 25.0 Å². The van der Waals surface area contributed by atoms with Crippen molar-refractivity contribution in [3.63, 3.8) is 0 Å². The standard InChI is InChI=1S/C18H25N5O2/c1-3-16(14-5-7-19-8-6-14)21-18(24)22-9-10-25-17(13-22)15-11-20-23(4-2)12-15/h5-8,11-12,16-17H,3-4,9-10,13H2,1-2H3,(H,21,24)/t16-,17+/m0/s1. The van der Waals surface area contributed by atoms with Crippen molar-refractivity contribution in [3.8, 4) is 0 Å². The number of amides is 2. The Bertz CT molecular complexity index is 688. The van der Waals surface area contributed by atoms with Crippen LogP contribution in [0.1, 0.15) is 43.5 Å². The summed E-state index contributed by atoms with van der Waals surface area (Å²) in [5, 5.41) is 7.42. The highest BCUT2D eigenvalue weighted by molar-refractivity contribution is 5.75. The summed E-state index contributed by atoms with van der Waals surface area (Å²) < 4.78 is 7.70. The van der Waals surface area contributed by atoms with Crippen LogP contribution in [0, 0.1) is 0 Å². The average Bonchev–Trinajstić information content (AvgIpc) is 3.16. The Labute approximate surface area is 148 Å². The number of hydrogen-bond donors (Lipinski definition) is 1. The van der Waals surface area contributed by atoms with Crippen LogP contribution >= 0.6 is 0 Å². The SMILES string of the molecule is CC[C@H](NC(=O)N1CCO[C@@H](c2cnn(CC)c2)C1)c1ccncc1. The number of rotatable bonds is 5. The van der Waals surface area contributed by atoms with Crippen LogP contribution < -0.4 is 5.32 Å². The molecule has 1 aliphatic heterocycles. The molecular weight excluding hydrogens is 318 g/mol. The van der Waals surface area contributed by atoms with Gasteiger partial charge in [-0.15, -0.1) is 0 Å². The summed E-state index contributed by atoms with van der Waals surface area (Å²) in [6.45, 7) is 6.59. The number of nitrogens with zero attached hydrogens (tertiary/aromatic N) is 4. The predicted molar refractivity (Wildman–Crippen MR) is 94.0 cm³/mol. The van der Waals surface area contributed by atoms with Gasteiger partial charge in [-0.05, 0) is 31.0 Å². The summed E-state index contributed by atoms with van der Waals surface area (Å²) in [5.74, 6) is 0. The smallest absolute Gasteiger partial charge is 0.318 e. The lowest BCUT2D eigenvalue weighted by Crippen LogP contribution is -2.48. The Morgan fingerprint density at radius 2 is 2.20 bits per heavy atom. The van der Waals surface area contributed by atoms with Gasteiger partial charge in [0.05, 0.1) is 25.4 Å². The van der Waals surface area contributed by atoms with Crippen LogP contribution in [-0.4, -0.2) is 45.4 Å². The maximum Gasteiger partial charge on any atom is 0.318 e. The first-order chi connectivity index (χ1) is 12.2. The molecule has 0 saturated carbocycles. The molecule has 0 spiro atoms. The molecular formula is C18H25N5O2. The van der Waals surface area contributed by atoms with E-state index < -0.39 is 0 Å². The van der Waals surface area contributed by atoms with Crippen molar-refractivity contribution >= 4 is 6.03 Å². The molecule has 2 aromatic heterocycles. The average molecular weight is 343 g/mol. The monoisotopic (exact) mass is 343 g/mol. The molecule has 2 atom stereocenters. The van der Waals surface area contributed by atoms with Crippen molar-refractivity contribution in [2.75, 3.05) is 19.7 Å². The van der Waals surface area contributed by atoms with E-state index in [1.165, 1.54) is 0 Å². The number of ether oxygens (including phenoxy) is 1. The fourth-order valence-corrected chi connectivity index (χ4v) is 3.01.